The Bertz CT molecular complexity index is 364. The molecule has 0 spiro atoms. The van der Waals surface area contributed by atoms with Gasteiger partial charge in [0, 0.05) is 0 Å². The summed E-state index contributed by atoms with van der Waals surface area (Å²) in [5, 5.41) is 0. The lowest BCUT2D eigenvalue weighted by atomic mass is 10.0. The van der Waals surface area contributed by atoms with Crippen LogP contribution < -0.4 is 11.5 Å². The molecular formula is C11H16N2O5. The third-order valence-electron chi connectivity index (χ3n) is 2.12. The van der Waals surface area contributed by atoms with Crippen LogP contribution in [0.15, 0.2) is 30.3 Å². The van der Waals surface area contributed by atoms with Gasteiger partial charge in [0.15, 0.2) is 0 Å². The molecule has 0 saturated heterocycles. The Labute approximate surface area is 104 Å². The monoisotopic (exact) mass is 256 g/mol. The average Bonchev–Trinajstić information content (AvgIpc) is 2.29. The molecule has 0 fully saturated rings. The number of rotatable bonds is 5. The van der Waals surface area contributed by atoms with E-state index in [1.54, 1.807) is 0 Å². The van der Waals surface area contributed by atoms with Crippen molar-refractivity contribution in [1.29, 1.82) is 0 Å². The number of amides is 2. The molecule has 0 aliphatic carbocycles. The molecule has 0 aliphatic heterocycles. The summed E-state index contributed by atoms with van der Waals surface area (Å²) >= 11 is 0. The lowest BCUT2D eigenvalue weighted by molar-refractivity contribution is 0.116. The van der Waals surface area contributed by atoms with Crippen LogP contribution >= 0.6 is 0 Å². The molecule has 0 radical (unpaired) electrons. The summed E-state index contributed by atoms with van der Waals surface area (Å²) in [6.07, 6.45) is -1.74. The van der Waals surface area contributed by atoms with Crippen molar-refractivity contribution in [3.05, 3.63) is 35.9 Å². The highest BCUT2D eigenvalue weighted by Crippen LogP contribution is 2.16. The minimum Gasteiger partial charge on any atom is -0.449 e. The normalized spacial score (nSPS) is 9.39. The van der Waals surface area contributed by atoms with Crippen molar-refractivity contribution in [3.63, 3.8) is 0 Å². The van der Waals surface area contributed by atoms with E-state index >= 15 is 0 Å². The van der Waals surface area contributed by atoms with Crippen LogP contribution in [0.5, 0.6) is 0 Å². The maximum atomic E-state index is 10.5. The van der Waals surface area contributed by atoms with Crippen LogP contribution in [0.1, 0.15) is 11.5 Å². The van der Waals surface area contributed by atoms with Crippen LogP contribution in [-0.4, -0.2) is 30.9 Å². The first-order valence-electron chi connectivity index (χ1n) is 4.99. The van der Waals surface area contributed by atoms with Crippen LogP contribution in [0.3, 0.4) is 0 Å². The number of carbonyl (C=O) groups excluding carboxylic acids is 2. The molecule has 0 unspecified atom stereocenters. The second-order valence-electron chi connectivity index (χ2n) is 3.37. The third-order valence-corrected chi connectivity index (χ3v) is 2.12. The Morgan fingerprint density at radius 2 is 1.44 bits per heavy atom. The third kappa shape index (κ3) is 5.71. The first kappa shape index (κ1) is 15.7. The molecule has 7 heteroatoms. The van der Waals surface area contributed by atoms with E-state index in [4.69, 9.17) is 20.9 Å². The van der Waals surface area contributed by atoms with Gasteiger partial charge in [0.05, 0.1) is 5.92 Å². The van der Waals surface area contributed by atoms with E-state index in [-0.39, 0.29) is 24.6 Å². The number of hydrogen-bond acceptors (Lipinski definition) is 4. The lowest BCUT2D eigenvalue weighted by Crippen LogP contribution is -2.23. The summed E-state index contributed by atoms with van der Waals surface area (Å²) in [6, 6.07) is 9.18. The van der Waals surface area contributed by atoms with E-state index < -0.39 is 12.2 Å². The first-order valence-corrected chi connectivity index (χ1v) is 4.99. The van der Waals surface area contributed by atoms with Gasteiger partial charge < -0.3 is 26.4 Å². The maximum Gasteiger partial charge on any atom is 0.404 e. The van der Waals surface area contributed by atoms with Crippen molar-refractivity contribution < 1.29 is 24.5 Å². The topological polar surface area (TPSA) is 136 Å². The van der Waals surface area contributed by atoms with Gasteiger partial charge in [-0.2, -0.15) is 0 Å². The van der Waals surface area contributed by atoms with E-state index in [9.17, 15) is 9.59 Å². The fourth-order valence-electron chi connectivity index (χ4n) is 1.33. The molecule has 0 aliphatic rings. The van der Waals surface area contributed by atoms with Crippen LogP contribution in [-0.2, 0) is 9.47 Å². The van der Waals surface area contributed by atoms with Gasteiger partial charge in [-0.3, -0.25) is 0 Å². The highest BCUT2D eigenvalue weighted by atomic mass is 16.6. The second-order valence-corrected chi connectivity index (χ2v) is 3.37. The van der Waals surface area contributed by atoms with E-state index in [1.165, 1.54) is 0 Å². The summed E-state index contributed by atoms with van der Waals surface area (Å²) in [4.78, 5) is 21.1. The zero-order valence-electron chi connectivity index (χ0n) is 9.67. The number of hydrogen-bond donors (Lipinski definition) is 2. The number of benzene rings is 1. The van der Waals surface area contributed by atoms with Crippen molar-refractivity contribution in [1.82, 2.24) is 0 Å². The summed E-state index contributed by atoms with van der Waals surface area (Å²) in [5.74, 6) is -0.281. The lowest BCUT2D eigenvalue weighted by Gasteiger charge is -2.16. The Hall–Kier alpha value is -2.28. The van der Waals surface area contributed by atoms with Gasteiger partial charge in [0.2, 0.25) is 0 Å². The van der Waals surface area contributed by atoms with Crippen LogP contribution in [0.4, 0.5) is 9.59 Å². The maximum absolute atomic E-state index is 10.5. The van der Waals surface area contributed by atoms with E-state index in [1.807, 2.05) is 30.3 Å². The molecule has 1 aromatic carbocycles. The molecule has 18 heavy (non-hydrogen) atoms. The molecule has 0 saturated carbocycles. The zero-order valence-corrected chi connectivity index (χ0v) is 9.67. The molecule has 0 aromatic heterocycles. The van der Waals surface area contributed by atoms with Crippen molar-refractivity contribution in [2.45, 2.75) is 5.92 Å². The SMILES string of the molecule is NC(=O)OCC(COC(N)=O)c1ccccc1.O. The van der Waals surface area contributed by atoms with E-state index in [0.29, 0.717) is 0 Å². The molecule has 6 N–H and O–H groups in total. The van der Waals surface area contributed by atoms with Crippen LogP contribution in [0.25, 0.3) is 0 Å². The van der Waals surface area contributed by atoms with Crippen LogP contribution in [0.2, 0.25) is 0 Å². The van der Waals surface area contributed by atoms with Gasteiger partial charge in [-0.05, 0) is 5.56 Å². The Morgan fingerprint density at radius 3 is 1.83 bits per heavy atom. The minimum atomic E-state index is -0.870. The Morgan fingerprint density at radius 1 is 1.00 bits per heavy atom. The number of primary amides is 2. The quantitative estimate of drug-likeness (QED) is 0.773. The molecular weight excluding hydrogens is 240 g/mol. The Balaban J connectivity index is 0.00000289. The molecule has 7 nitrogen and oxygen atoms in total. The van der Waals surface area contributed by atoms with Crippen molar-refractivity contribution in [2.24, 2.45) is 11.5 Å². The highest BCUT2D eigenvalue weighted by Gasteiger charge is 2.15. The summed E-state index contributed by atoms with van der Waals surface area (Å²) < 4.78 is 9.39. The molecule has 0 atom stereocenters. The van der Waals surface area contributed by atoms with Crippen molar-refractivity contribution in [3.8, 4) is 0 Å². The van der Waals surface area contributed by atoms with E-state index in [0.717, 1.165) is 5.56 Å². The van der Waals surface area contributed by atoms with Crippen molar-refractivity contribution >= 4 is 12.2 Å². The molecule has 1 rings (SSSR count). The standard InChI is InChI=1S/C11H14N2O4.H2O/c12-10(14)16-6-9(7-17-11(13)15)8-4-2-1-3-5-8;/h1-5,9H,6-7H2,(H2,12,14)(H2,13,15);1H2. The predicted octanol–water partition coefficient (Wildman–Crippen LogP) is 0.136. The van der Waals surface area contributed by atoms with Gasteiger partial charge in [-0.1, -0.05) is 30.3 Å². The van der Waals surface area contributed by atoms with Gasteiger partial charge in [0.25, 0.3) is 0 Å². The number of nitrogens with two attached hydrogens (primary N) is 2. The van der Waals surface area contributed by atoms with Crippen molar-refractivity contribution in [2.75, 3.05) is 13.2 Å². The van der Waals surface area contributed by atoms with E-state index in [2.05, 4.69) is 0 Å². The fraction of sp³-hybridized carbons (Fsp3) is 0.273. The molecule has 0 bridgehead atoms. The zero-order chi connectivity index (χ0) is 12.7. The summed E-state index contributed by atoms with van der Waals surface area (Å²) in [7, 11) is 0. The number of carbonyl (C=O) groups is 2. The summed E-state index contributed by atoms with van der Waals surface area (Å²) in [6.45, 7) is 0.0687. The smallest absolute Gasteiger partial charge is 0.404 e. The minimum absolute atomic E-state index is 0. The fourth-order valence-corrected chi connectivity index (χ4v) is 1.33. The Kier molecular flexibility index (Phi) is 6.91. The van der Waals surface area contributed by atoms with Crippen LogP contribution in [0, 0.1) is 0 Å². The van der Waals surface area contributed by atoms with Gasteiger partial charge in [-0.15, -0.1) is 0 Å². The molecule has 2 amide bonds. The molecule has 100 valence electrons. The van der Waals surface area contributed by atoms with Gasteiger partial charge in [-0.25, -0.2) is 9.59 Å². The van der Waals surface area contributed by atoms with Gasteiger partial charge in [0.1, 0.15) is 13.2 Å². The predicted molar refractivity (Wildman–Crippen MR) is 63.9 cm³/mol. The average molecular weight is 256 g/mol. The largest absolute Gasteiger partial charge is 0.449 e. The number of ether oxygens (including phenoxy) is 2. The second kappa shape index (κ2) is 7.91. The van der Waals surface area contributed by atoms with Gasteiger partial charge >= 0.3 is 12.2 Å². The first-order chi connectivity index (χ1) is 8.09. The molecule has 1 aromatic rings. The summed E-state index contributed by atoms with van der Waals surface area (Å²) in [5.41, 5.74) is 10.6. The molecule has 0 heterocycles. The highest BCUT2D eigenvalue weighted by molar-refractivity contribution is 5.65.